The lowest BCUT2D eigenvalue weighted by Gasteiger charge is -2.33. The van der Waals surface area contributed by atoms with Crippen molar-refractivity contribution in [2.45, 2.75) is 108 Å². The summed E-state index contributed by atoms with van der Waals surface area (Å²) in [5, 5.41) is 25.0. The monoisotopic (exact) mass is 746 g/mol. The lowest BCUT2D eigenvalue weighted by molar-refractivity contribution is 0.144. The number of hydrogen-bond acceptors (Lipinski definition) is 9. The molecule has 5 unspecified atom stereocenters. The Morgan fingerprint density at radius 1 is 0.964 bits per heavy atom. The molecule has 3 aliphatic heterocycles. The SMILES string of the molecule is CC1CCCCN1c1nnc2ccc(OC3CCC(NC(=O)Nc4cc(C(C)(C)C)nn4-c4cnn(CCN5CC6CC5CN6C)c4)c4ccccc43)cn12. The van der Waals surface area contributed by atoms with E-state index >= 15 is 0 Å². The number of nitrogens with one attached hydrogen (secondary N) is 2. The maximum Gasteiger partial charge on any atom is 0.320 e. The van der Waals surface area contributed by atoms with Gasteiger partial charge in [-0.2, -0.15) is 10.2 Å². The van der Waals surface area contributed by atoms with Gasteiger partial charge in [0.2, 0.25) is 5.95 Å². The van der Waals surface area contributed by atoms with Crippen LogP contribution in [-0.4, -0.2) is 101 Å². The van der Waals surface area contributed by atoms with Gasteiger partial charge in [-0.1, -0.05) is 45.0 Å². The zero-order chi connectivity index (χ0) is 37.8. The van der Waals surface area contributed by atoms with Crippen molar-refractivity contribution < 1.29 is 9.53 Å². The fourth-order valence-corrected chi connectivity index (χ4v) is 9.09. The van der Waals surface area contributed by atoms with Crippen LogP contribution in [0, 0.1) is 0 Å². The molecule has 9 rings (SSSR count). The Labute approximate surface area is 322 Å². The molecule has 4 aromatic heterocycles. The van der Waals surface area contributed by atoms with Gasteiger partial charge in [0.15, 0.2) is 5.65 Å². The zero-order valence-electron chi connectivity index (χ0n) is 32.7. The Morgan fingerprint density at radius 3 is 2.60 bits per heavy atom. The second-order valence-electron chi connectivity index (χ2n) is 17.1. The minimum absolute atomic E-state index is 0.155. The summed E-state index contributed by atoms with van der Waals surface area (Å²) in [6.07, 6.45) is 12.0. The van der Waals surface area contributed by atoms with Gasteiger partial charge in [-0.15, -0.1) is 10.2 Å². The van der Waals surface area contributed by atoms with Crippen molar-refractivity contribution in [3.63, 3.8) is 0 Å². The number of amides is 2. The molecule has 1 aliphatic carbocycles. The van der Waals surface area contributed by atoms with Gasteiger partial charge in [-0.25, -0.2) is 9.48 Å². The minimum atomic E-state index is -0.278. The highest BCUT2D eigenvalue weighted by Crippen LogP contribution is 2.39. The molecular formula is C41H54N12O2. The number of anilines is 2. The summed E-state index contributed by atoms with van der Waals surface area (Å²) in [5.74, 6) is 2.24. The van der Waals surface area contributed by atoms with Crippen LogP contribution in [0.25, 0.3) is 11.3 Å². The number of piperazine rings is 1. The number of benzene rings is 1. The van der Waals surface area contributed by atoms with E-state index in [1.165, 1.54) is 12.8 Å². The Kier molecular flexibility index (Phi) is 9.28. The number of ether oxygens (including phenoxy) is 1. The molecule has 5 atom stereocenters. The first-order chi connectivity index (χ1) is 26.6. The molecule has 7 heterocycles. The Morgan fingerprint density at radius 2 is 1.82 bits per heavy atom. The van der Waals surface area contributed by atoms with Crippen molar-refractivity contribution in [1.29, 1.82) is 0 Å². The highest BCUT2D eigenvalue weighted by atomic mass is 16.5. The quantitative estimate of drug-likeness (QED) is 0.188. The molecule has 14 nitrogen and oxygen atoms in total. The molecule has 2 bridgehead atoms. The standard InChI is InChI=1S/C41H54N12O2/c1-27-10-8-9-17-51(27)40-46-45-37-16-13-31(26-52(37)40)55-35-15-14-34(32-11-6-7-12-33(32)35)43-39(54)44-38-21-36(41(2,3)4)47-53(38)30-22-42-50(25-30)19-18-49-24-28-20-29(49)23-48(28)5/h6-7,11-13,16,21-22,25-29,34-35H,8-10,14-15,17-20,23-24H2,1-5H3,(H2,43,44,54). The number of carbonyl (C=O) groups is 1. The van der Waals surface area contributed by atoms with Crippen molar-refractivity contribution >= 4 is 23.4 Å². The number of rotatable bonds is 9. The van der Waals surface area contributed by atoms with E-state index in [0.29, 0.717) is 23.9 Å². The van der Waals surface area contributed by atoms with Crippen LogP contribution in [0.5, 0.6) is 5.75 Å². The van der Waals surface area contributed by atoms with Crippen LogP contribution < -0.4 is 20.3 Å². The van der Waals surface area contributed by atoms with E-state index in [-0.39, 0.29) is 23.6 Å². The molecule has 5 aromatic rings. The minimum Gasteiger partial charge on any atom is -0.484 e. The number of carbonyl (C=O) groups excluding carboxylic acids is 1. The van der Waals surface area contributed by atoms with Crippen LogP contribution in [0.1, 0.15) is 95.2 Å². The maximum absolute atomic E-state index is 13.8. The summed E-state index contributed by atoms with van der Waals surface area (Å²) < 4.78 is 12.5. The molecule has 2 N–H and O–H groups in total. The maximum atomic E-state index is 13.8. The Bertz CT molecular complexity index is 2160. The number of urea groups is 1. The van der Waals surface area contributed by atoms with Gasteiger partial charge in [0.1, 0.15) is 23.4 Å². The highest BCUT2D eigenvalue weighted by Gasteiger charge is 2.41. The summed E-state index contributed by atoms with van der Waals surface area (Å²) in [6.45, 7) is 13.7. The molecule has 2 amide bonds. The van der Waals surface area contributed by atoms with Gasteiger partial charge in [0.05, 0.1) is 36.9 Å². The number of pyridine rings is 1. The van der Waals surface area contributed by atoms with Gasteiger partial charge in [-0.3, -0.25) is 19.3 Å². The van der Waals surface area contributed by atoms with Gasteiger partial charge >= 0.3 is 6.03 Å². The molecule has 55 heavy (non-hydrogen) atoms. The second kappa shape index (κ2) is 14.3. The van der Waals surface area contributed by atoms with Crippen LogP contribution in [0.4, 0.5) is 16.6 Å². The number of nitrogens with zero attached hydrogens (tertiary/aromatic N) is 10. The van der Waals surface area contributed by atoms with Gasteiger partial charge in [0, 0.05) is 55.8 Å². The van der Waals surface area contributed by atoms with E-state index < -0.39 is 0 Å². The summed E-state index contributed by atoms with van der Waals surface area (Å²) in [7, 11) is 2.23. The van der Waals surface area contributed by atoms with E-state index in [1.54, 1.807) is 4.68 Å². The Balaban J connectivity index is 0.884. The van der Waals surface area contributed by atoms with Gasteiger partial charge in [0.25, 0.3) is 0 Å². The molecule has 14 heteroatoms. The molecule has 0 saturated carbocycles. The Hall–Kier alpha value is -4.95. The van der Waals surface area contributed by atoms with Gasteiger partial charge in [-0.05, 0) is 75.8 Å². The largest absolute Gasteiger partial charge is 0.484 e. The smallest absolute Gasteiger partial charge is 0.320 e. The van der Waals surface area contributed by atoms with Crippen LogP contribution in [0.3, 0.4) is 0 Å². The second-order valence-corrected chi connectivity index (χ2v) is 17.1. The summed E-state index contributed by atoms with van der Waals surface area (Å²) in [4.78, 5) is 21.2. The fraction of sp³-hybridized carbons (Fsp3) is 0.537. The first kappa shape index (κ1) is 35.7. The van der Waals surface area contributed by atoms with Crippen molar-refractivity contribution in [2.24, 2.45) is 0 Å². The summed E-state index contributed by atoms with van der Waals surface area (Å²) >= 11 is 0. The topological polar surface area (TPSA) is 126 Å². The average molecular weight is 747 g/mol. The molecular weight excluding hydrogens is 693 g/mol. The van der Waals surface area contributed by atoms with Crippen LogP contribution in [0.2, 0.25) is 0 Å². The molecule has 0 radical (unpaired) electrons. The number of hydrogen-bond donors (Lipinski definition) is 2. The average Bonchev–Trinajstić information content (AvgIpc) is 4.01. The van der Waals surface area contributed by atoms with E-state index in [1.807, 2.05) is 53.6 Å². The van der Waals surface area contributed by atoms with E-state index in [9.17, 15) is 4.79 Å². The van der Waals surface area contributed by atoms with Crippen molar-refractivity contribution in [3.05, 3.63) is 77.9 Å². The van der Waals surface area contributed by atoms with Crippen molar-refractivity contribution in [3.8, 4) is 11.4 Å². The fourth-order valence-electron chi connectivity index (χ4n) is 9.09. The predicted octanol–water partition coefficient (Wildman–Crippen LogP) is 5.95. The van der Waals surface area contributed by atoms with Gasteiger partial charge < -0.3 is 19.9 Å². The first-order valence-electron chi connectivity index (χ1n) is 20.1. The highest BCUT2D eigenvalue weighted by molar-refractivity contribution is 5.89. The number of piperidine rings is 1. The first-order valence-corrected chi connectivity index (χ1v) is 20.1. The summed E-state index contributed by atoms with van der Waals surface area (Å²) in [6, 6.07) is 15.5. The van der Waals surface area contributed by atoms with E-state index in [4.69, 9.17) is 9.84 Å². The number of likely N-dealkylation sites (N-methyl/N-ethyl adjacent to an activating group) is 1. The van der Waals surface area contributed by atoms with E-state index in [0.717, 1.165) is 98.3 Å². The lowest BCUT2D eigenvalue weighted by atomic mass is 9.85. The third kappa shape index (κ3) is 7.06. The predicted molar refractivity (Wildman–Crippen MR) is 212 cm³/mol. The van der Waals surface area contributed by atoms with Crippen LogP contribution in [-0.2, 0) is 12.0 Å². The molecule has 1 aromatic carbocycles. The third-order valence-corrected chi connectivity index (χ3v) is 12.3. The van der Waals surface area contributed by atoms with Crippen molar-refractivity contribution in [2.75, 3.05) is 43.4 Å². The normalized spacial score (nSPS) is 24.4. The van der Waals surface area contributed by atoms with Crippen molar-refractivity contribution in [1.82, 2.24) is 49.3 Å². The lowest BCUT2D eigenvalue weighted by Crippen LogP contribution is -2.45. The molecule has 3 fully saturated rings. The molecule has 0 spiro atoms. The number of likely N-dealkylation sites (tertiary alicyclic amines) is 2. The summed E-state index contributed by atoms with van der Waals surface area (Å²) in [5.41, 5.74) is 4.44. The third-order valence-electron chi connectivity index (χ3n) is 12.3. The van der Waals surface area contributed by atoms with Crippen LogP contribution in [0.15, 0.2) is 61.1 Å². The molecule has 4 aliphatic rings. The molecule has 3 saturated heterocycles. The number of aromatic nitrogens is 7. The number of fused-ring (bicyclic) bond motifs is 4. The zero-order valence-corrected chi connectivity index (χ0v) is 32.7. The molecule has 290 valence electrons. The van der Waals surface area contributed by atoms with E-state index in [2.05, 4.69) is 91.9 Å². The van der Waals surface area contributed by atoms with Crippen LogP contribution >= 0.6 is 0 Å².